The molecule has 7 nitrogen and oxygen atoms in total. The van der Waals surface area contributed by atoms with Gasteiger partial charge in [0, 0.05) is 18.5 Å². The van der Waals surface area contributed by atoms with Crippen molar-refractivity contribution in [2.75, 3.05) is 13.1 Å². The molecule has 0 bridgehead atoms. The fourth-order valence-electron chi connectivity index (χ4n) is 2.57. The van der Waals surface area contributed by atoms with Gasteiger partial charge in [-0.2, -0.15) is 0 Å². The first kappa shape index (κ1) is 18.8. The number of amides is 2. The summed E-state index contributed by atoms with van der Waals surface area (Å²) < 4.78 is 10.4. The lowest BCUT2D eigenvalue weighted by Gasteiger charge is -2.23. The quantitative estimate of drug-likeness (QED) is 0.633. The molecule has 0 radical (unpaired) electrons. The second-order valence-electron chi connectivity index (χ2n) is 6.21. The van der Waals surface area contributed by atoms with Crippen molar-refractivity contribution >= 4 is 11.8 Å². The average Bonchev–Trinajstić information content (AvgIpc) is 3.19. The number of aryl methyl sites for hydroxylation is 2. The Morgan fingerprint density at radius 1 is 1.28 bits per heavy atom. The van der Waals surface area contributed by atoms with Gasteiger partial charge in [0.2, 0.25) is 5.91 Å². The summed E-state index contributed by atoms with van der Waals surface area (Å²) in [6.07, 6.45) is 2.17. The van der Waals surface area contributed by atoms with E-state index >= 15 is 0 Å². The molecule has 2 aromatic heterocycles. The van der Waals surface area contributed by atoms with Crippen LogP contribution >= 0.6 is 0 Å². The highest BCUT2D eigenvalue weighted by Crippen LogP contribution is 2.26. The van der Waals surface area contributed by atoms with Crippen molar-refractivity contribution in [2.24, 2.45) is 0 Å². The second-order valence-corrected chi connectivity index (χ2v) is 6.21. The highest BCUT2D eigenvalue weighted by Gasteiger charge is 2.28. The Balaban J connectivity index is 1.70. The molecule has 1 atom stereocenters. The van der Waals surface area contributed by atoms with Gasteiger partial charge in [-0.3, -0.25) is 9.59 Å². The van der Waals surface area contributed by atoms with Crippen LogP contribution in [0.4, 0.5) is 0 Å². The average molecular weight is 348 g/mol. The monoisotopic (exact) mass is 348 g/mol. The minimum Gasteiger partial charge on any atom is -0.466 e. The first-order valence-corrected chi connectivity index (χ1v) is 8.18. The summed E-state index contributed by atoms with van der Waals surface area (Å²) in [5.41, 5.74) is -0.540. The molecule has 0 spiro atoms. The van der Waals surface area contributed by atoms with Gasteiger partial charge in [-0.25, -0.2) is 0 Å². The molecule has 0 saturated carbocycles. The third-order valence-electron chi connectivity index (χ3n) is 3.86. The van der Waals surface area contributed by atoms with E-state index in [9.17, 15) is 14.7 Å². The van der Waals surface area contributed by atoms with E-state index in [4.69, 9.17) is 8.83 Å². The van der Waals surface area contributed by atoms with Crippen LogP contribution in [0.3, 0.4) is 0 Å². The third-order valence-corrected chi connectivity index (χ3v) is 3.86. The molecule has 136 valence electrons. The van der Waals surface area contributed by atoms with E-state index in [1.54, 1.807) is 32.0 Å². The van der Waals surface area contributed by atoms with Crippen molar-refractivity contribution in [1.29, 1.82) is 0 Å². The van der Waals surface area contributed by atoms with Crippen LogP contribution in [0.5, 0.6) is 0 Å². The van der Waals surface area contributed by atoms with Gasteiger partial charge in [0.25, 0.3) is 5.91 Å². The van der Waals surface area contributed by atoms with Crippen LogP contribution in [0.15, 0.2) is 33.3 Å². The number of hydrogen-bond donors (Lipinski definition) is 3. The summed E-state index contributed by atoms with van der Waals surface area (Å²) in [5.74, 6) is 1.10. The van der Waals surface area contributed by atoms with Gasteiger partial charge >= 0.3 is 0 Å². The van der Waals surface area contributed by atoms with Crippen LogP contribution in [0.25, 0.3) is 0 Å². The number of carbonyl (C=O) groups excluding carboxylic acids is 2. The van der Waals surface area contributed by atoms with Gasteiger partial charge in [0.15, 0.2) is 5.76 Å². The Labute approximate surface area is 146 Å². The van der Waals surface area contributed by atoms with Gasteiger partial charge in [-0.15, -0.1) is 0 Å². The van der Waals surface area contributed by atoms with Crippen LogP contribution in [-0.4, -0.2) is 30.0 Å². The fourth-order valence-corrected chi connectivity index (χ4v) is 2.57. The van der Waals surface area contributed by atoms with E-state index in [2.05, 4.69) is 10.6 Å². The lowest BCUT2D eigenvalue weighted by Crippen LogP contribution is -2.39. The standard InChI is InChI=1S/C18H24N2O5/c1-12-10-14(13(2)25-12)18(3,23)11-20-16(21)7-4-8-19-17(22)15-6-5-9-24-15/h5-6,9-10,23H,4,7-8,11H2,1-3H3,(H,19,22)(H,20,21). The number of carbonyl (C=O) groups is 2. The van der Waals surface area contributed by atoms with Crippen LogP contribution in [0, 0.1) is 13.8 Å². The molecule has 0 aliphatic carbocycles. The van der Waals surface area contributed by atoms with Crippen LogP contribution in [0.1, 0.15) is 47.4 Å². The van der Waals surface area contributed by atoms with Crippen molar-refractivity contribution in [2.45, 2.75) is 39.2 Å². The van der Waals surface area contributed by atoms with Crippen molar-refractivity contribution in [3.8, 4) is 0 Å². The lowest BCUT2D eigenvalue weighted by atomic mass is 9.96. The Bertz CT molecular complexity index is 716. The second kappa shape index (κ2) is 8.02. The minimum absolute atomic E-state index is 0.0877. The Morgan fingerprint density at radius 3 is 2.64 bits per heavy atom. The summed E-state index contributed by atoms with van der Waals surface area (Å²) in [5, 5.41) is 15.9. The zero-order chi connectivity index (χ0) is 18.4. The summed E-state index contributed by atoms with van der Waals surface area (Å²) in [7, 11) is 0. The van der Waals surface area contributed by atoms with E-state index in [-0.39, 0.29) is 30.5 Å². The van der Waals surface area contributed by atoms with E-state index < -0.39 is 5.60 Å². The van der Waals surface area contributed by atoms with E-state index in [0.29, 0.717) is 30.0 Å². The van der Waals surface area contributed by atoms with Crippen LogP contribution in [0.2, 0.25) is 0 Å². The molecule has 0 saturated heterocycles. The smallest absolute Gasteiger partial charge is 0.286 e. The summed E-state index contributed by atoms with van der Waals surface area (Å²) >= 11 is 0. The molecule has 2 rings (SSSR count). The first-order valence-electron chi connectivity index (χ1n) is 8.18. The molecule has 2 aromatic rings. The molecule has 0 aliphatic heterocycles. The van der Waals surface area contributed by atoms with Crippen LogP contribution in [-0.2, 0) is 10.4 Å². The van der Waals surface area contributed by atoms with Crippen molar-refractivity contribution in [3.05, 3.63) is 47.3 Å². The van der Waals surface area contributed by atoms with Crippen molar-refractivity contribution < 1.29 is 23.5 Å². The minimum atomic E-state index is -1.20. The molecule has 0 aromatic carbocycles. The highest BCUT2D eigenvalue weighted by atomic mass is 16.3. The third kappa shape index (κ3) is 5.22. The van der Waals surface area contributed by atoms with E-state index in [0.717, 1.165) is 0 Å². The van der Waals surface area contributed by atoms with E-state index in [1.165, 1.54) is 6.26 Å². The molecule has 25 heavy (non-hydrogen) atoms. The lowest BCUT2D eigenvalue weighted by molar-refractivity contribution is -0.122. The molecular weight excluding hydrogens is 324 g/mol. The molecule has 3 N–H and O–H groups in total. The largest absolute Gasteiger partial charge is 0.466 e. The normalized spacial score (nSPS) is 13.3. The number of aliphatic hydroxyl groups is 1. The van der Waals surface area contributed by atoms with Crippen LogP contribution < -0.4 is 10.6 Å². The van der Waals surface area contributed by atoms with Crippen molar-refractivity contribution in [3.63, 3.8) is 0 Å². The van der Waals surface area contributed by atoms with Gasteiger partial charge in [-0.1, -0.05) is 0 Å². The molecule has 2 amide bonds. The Morgan fingerprint density at radius 2 is 2.04 bits per heavy atom. The summed E-state index contributed by atoms with van der Waals surface area (Å²) in [6, 6.07) is 4.98. The summed E-state index contributed by atoms with van der Waals surface area (Å²) in [6.45, 7) is 5.67. The zero-order valence-corrected chi connectivity index (χ0v) is 14.7. The molecule has 2 heterocycles. The number of hydrogen-bond acceptors (Lipinski definition) is 5. The molecular formula is C18H24N2O5. The molecule has 0 fully saturated rings. The number of rotatable bonds is 8. The fraction of sp³-hybridized carbons (Fsp3) is 0.444. The Hall–Kier alpha value is -2.54. The van der Waals surface area contributed by atoms with Gasteiger partial charge in [0.1, 0.15) is 17.1 Å². The van der Waals surface area contributed by atoms with Gasteiger partial charge in [-0.05, 0) is 45.4 Å². The maximum atomic E-state index is 11.9. The predicted octanol–water partition coefficient (Wildman–Crippen LogP) is 2.02. The summed E-state index contributed by atoms with van der Waals surface area (Å²) in [4.78, 5) is 23.6. The zero-order valence-electron chi connectivity index (χ0n) is 14.7. The van der Waals surface area contributed by atoms with E-state index in [1.807, 2.05) is 6.92 Å². The SMILES string of the molecule is Cc1cc(C(C)(O)CNC(=O)CCCNC(=O)c2ccco2)c(C)o1. The maximum absolute atomic E-state index is 11.9. The topological polar surface area (TPSA) is 105 Å². The predicted molar refractivity (Wildman–Crippen MR) is 91.0 cm³/mol. The first-order chi connectivity index (χ1) is 11.8. The van der Waals surface area contributed by atoms with Gasteiger partial charge in [0.05, 0.1) is 12.8 Å². The number of furan rings is 2. The Kier molecular flexibility index (Phi) is 6.03. The highest BCUT2D eigenvalue weighted by molar-refractivity contribution is 5.91. The molecule has 0 aliphatic rings. The van der Waals surface area contributed by atoms with Crippen molar-refractivity contribution in [1.82, 2.24) is 10.6 Å². The van der Waals surface area contributed by atoms with Gasteiger partial charge < -0.3 is 24.6 Å². The molecule has 7 heteroatoms. The molecule has 1 unspecified atom stereocenters. The maximum Gasteiger partial charge on any atom is 0.286 e. The number of nitrogens with one attached hydrogen (secondary N) is 2.